The molecule has 2 nitrogen and oxygen atoms in total. The van der Waals surface area contributed by atoms with E-state index in [9.17, 15) is 4.39 Å². The Balaban J connectivity index is 2.14. The van der Waals surface area contributed by atoms with Crippen LogP contribution in [0.5, 0.6) is 0 Å². The van der Waals surface area contributed by atoms with E-state index in [1.54, 1.807) is 23.9 Å². The van der Waals surface area contributed by atoms with Crippen LogP contribution in [0.15, 0.2) is 33.6 Å². The van der Waals surface area contributed by atoms with Crippen molar-refractivity contribution in [2.45, 2.75) is 37.5 Å². The van der Waals surface area contributed by atoms with Gasteiger partial charge < -0.3 is 0 Å². The third-order valence-corrected chi connectivity index (χ3v) is 4.82. The smallest absolute Gasteiger partial charge is 0.123 e. The second-order valence-electron chi connectivity index (χ2n) is 4.12. The van der Waals surface area contributed by atoms with Gasteiger partial charge in [0.1, 0.15) is 5.82 Å². The molecule has 0 N–H and O–H groups in total. The Morgan fingerprint density at radius 1 is 1.26 bits per heavy atom. The molecule has 1 heterocycles. The summed E-state index contributed by atoms with van der Waals surface area (Å²) in [6, 6.07) is 6.60. The quantitative estimate of drug-likeness (QED) is 0.735. The van der Waals surface area contributed by atoms with Gasteiger partial charge in [-0.1, -0.05) is 6.92 Å². The average molecular weight is 343 g/mol. The number of rotatable bonds is 5. The lowest BCUT2D eigenvalue weighted by molar-refractivity contribution is 0.626. The summed E-state index contributed by atoms with van der Waals surface area (Å²) in [6.07, 6.45) is 0.918. The normalized spacial score (nSPS) is 10.9. The molecule has 19 heavy (non-hydrogen) atoms. The molecule has 102 valence electrons. The van der Waals surface area contributed by atoms with Crippen LogP contribution in [0, 0.1) is 5.82 Å². The molecule has 0 saturated carbocycles. The predicted molar refractivity (Wildman–Crippen MR) is 80.9 cm³/mol. The first-order valence-corrected chi connectivity index (χ1v) is 8.06. The number of nitrogens with zero attached hydrogens (tertiary/aromatic N) is 2. The first kappa shape index (κ1) is 14.6. The second kappa shape index (κ2) is 6.57. The van der Waals surface area contributed by atoms with Gasteiger partial charge in [-0.15, -0.1) is 11.8 Å². The Kier molecular flexibility index (Phi) is 5.05. The minimum atomic E-state index is -0.197. The summed E-state index contributed by atoms with van der Waals surface area (Å²) in [7, 11) is 0. The monoisotopic (exact) mass is 342 g/mol. The zero-order chi connectivity index (χ0) is 13.8. The fraction of sp³-hybridized carbons (Fsp3) is 0.357. The van der Waals surface area contributed by atoms with E-state index < -0.39 is 0 Å². The van der Waals surface area contributed by atoms with Crippen molar-refractivity contribution in [2.24, 2.45) is 0 Å². The van der Waals surface area contributed by atoms with Gasteiger partial charge in [-0.25, -0.2) is 4.39 Å². The molecule has 2 aromatic rings. The summed E-state index contributed by atoms with van der Waals surface area (Å²) in [5.74, 6) is 0.630. The molecule has 0 aliphatic heterocycles. The zero-order valence-corrected chi connectivity index (χ0v) is 13.4. The third-order valence-electron chi connectivity index (χ3n) is 2.88. The van der Waals surface area contributed by atoms with Gasteiger partial charge >= 0.3 is 0 Å². The predicted octanol–water partition coefficient (Wildman–Crippen LogP) is 4.66. The number of hydrogen-bond donors (Lipinski definition) is 0. The average Bonchev–Trinajstić information content (AvgIpc) is 2.74. The maximum atomic E-state index is 12.9. The van der Waals surface area contributed by atoms with E-state index in [-0.39, 0.29) is 5.82 Å². The van der Waals surface area contributed by atoms with Crippen molar-refractivity contribution in [3.05, 3.63) is 45.9 Å². The van der Waals surface area contributed by atoms with Gasteiger partial charge in [0.25, 0.3) is 0 Å². The number of aromatic nitrogens is 2. The minimum absolute atomic E-state index is 0.197. The maximum absolute atomic E-state index is 12.9. The standard InChI is InChI=1S/C14H16BrFN2S/c1-3-12-14(15)13(18(4-2)17-12)9-19-11-7-5-10(16)6-8-11/h5-8H,3-4,9H2,1-2H3. The zero-order valence-electron chi connectivity index (χ0n) is 11.0. The molecule has 0 aliphatic carbocycles. The number of aryl methyl sites for hydroxylation is 2. The second-order valence-corrected chi connectivity index (χ2v) is 5.96. The minimum Gasteiger partial charge on any atom is -0.268 e. The topological polar surface area (TPSA) is 17.8 Å². The van der Waals surface area contributed by atoms with E-state index in [0.717, 1.165) is 33.8 Å². The fourth-order valence-corrected chi connectivity index (χ4v) is 3.65. The van der Waals surface area contributed by atoms with Gasteiger partial charge in [-0.3, -0.25) is 4.68 Å². The summed E-state index contributed by atoms with van der Waals surface area (Å²) in [5, 5.41) is 4.57. The van der Waals surface area contributed by atoms with Crippen LogP contribution >= 0.6 is 27.7 Å². The van der Waals surface area contributed by atoms with Crippen LogP contribution in [0.1, 0.15) is 25.2 Å². The van der Waals surface area contributed by atoms with E-state index in [4.69, 9.17) is 0 Å². The molecule has 0 saturated heterocycles. The van der Waals surface area contributed by atoms with Gasteiger partial charge in [0.2, 0.25) is 0 Å². The third kappa shape index (κ3) is 3.39. The van der Waals surface area contributed by atoms with E-state index in [0.29, 0.717) is 0 Å². The fourth-order valence-electron chi connectivity index (χ4n) is 1.84. The summed E-state index contributed by atoms with van der Waals surface area (Å²) in [4.78, 5) is 1.07. The van der Waals surface area contributed by atoms with Crippen LogP contribution in [0.3, 0.4) is 0 Å². The molecular formula is C14H16BrFN2S. The van der Waals surface area contributed by atoms with Crippen molar-refractivity contribution >= 4 is 27.7 Å². The Labute approximate surface area is 125 Å². The van der Waals surface area contributed by atoms with Crippen LogP contribution in [0.25, 0.3) is 0 Å². The van der Waals surface area contributed by atoms with Crippen LogP contribution in [-0.2, 0) is 18.7 Å². The Bertz CT molecular complexity index is 551. The van der Waals surface area contributed by atoms with Crippen LogP contribution in [0.2, 0.25) is 0 Å². The van der Waals surface area contributed by atoms with Crippen molar-refractivity contribution in [1.82, 2.24) is 9.78 Å². The van der Waals surface area contributed by atoms with Crippen molar-refractivity contribution in [3.8, 4) is 0 Å². The summed E-state index contributed by atoms with van der Waals surface area (Å²) in [5.41, 5.74) is 2.28. The van der Waals surface area contributed by atoms with E-state index in [1.807, 2.05) is 4.68 Å². The van der Waals surface area contributed by atoms with Crippen molar-refractivity contribution in [1.29, 1.82) is 0 Å². The molecule has 0 radical (unpaired) electrons. The molecule has 1 aromatic heterocycles. The molecular weight excluding hydrogens is 327 g/mol. The Morgan fingerprint density at radius 3 is 2.53 bits per heavy atom. The van der Waals surface area contributed by atoms with Crippen molar-refractivity contribution in [2.75, 3.05) is 0 Å². The first-order valence-electron chi connectivity index (χ1n) is 6.28. The first-order chi connectivity index (χ1) is 9.15. The molecule has 0 aliphatic rings. The van der Waals surface area contributed by atoms with Gasteiger partial charge in [0, 0.05) is 17.2 Å². The molecule has 1 aromatic carbocycles. The highest BCUT2D eigenvalue weighted by molar-refractivity contribution is 9.10. The molecule has 0 atom stereocenters. The number of benzene rings is 1. The van der Waals surface area contributed by atoms with Gasteiger partial charge in [-0.2, -0.15) is 5.10 Å². The van der Waals surface area contributed by atoms with E-state index in [1.165, 1.54) is 17.8 Å². The van der Waals surface area contributed by atoms with Gasteiger partial charge in [0.15, 0.2) is 0 Å². The molecule has 5 heteroatoms. The van der Waals surface area contributed by atoms with Crippen molar-refractivity contribution in [3.63, 3.8) is 0 Å². The lowest BCUT2D eigenvalue weighted by atomic mass is 10.3. The van der Waals surface area contributed by atoms with Crippen LogP contribution < -0.4 is 0 Å². The molecule has 0 bridgehead atoms. The Morgan fingerprint density at radius 2 is 1.95 bits per heavy atom. The number of thioether (sulfide) groups is 1. The number of halogens is 2. The summed E-state index contributed by atoms with van der Waals surface area (Å²) >= 11 is 5.32. The molecule has 0 unspecified atom stereocenters. The lowest BCUT2D eigenvalue weighted by Crippen LogP contribution is -2.01. The summed E-state index contributed by atoms with van der Waals surface area (Å²) in [6.45, 7) is 5.05. The highest BCUT2D eigenvalue weighted by atomic mass is 79.9. The van der Waals surface area contributed by atoms with E-state index >= 15 is 0 Å². The van der Waals surface area contributed by atoms with Crippen molar-refractivity contribution < 1.29 is 4.39 Å². The molecule has 2 rings (SSSR count). The maximum Gasteiger partial charge on any atom is 0.123 e. The molecule has 0 spiro atoms. The van der Waals surface area contributed by atoms with Gasteiger partial charge in [0.05, 0.1) is 15.9 Å². The SMILES string of the molecule is CCc1nn(CC)c(CSc2ccc(F)cc2)c1Br. The number of hydrogen-bond acceptors (Lipinski definition) is 2. The molecule has 0 fully saturated rings. The lowest BCUT2D eigenvalue weighted by Gasteiger charge is -2.05. The largest absolute Gasteiger partial charge is 0.268 e. The molecule has 0 amide bonds. The highest BCUT2D eigenvalue weighted by Crippen LogP contribution is 2.29. The van der Waals surface area contributed by atoms with Crippen LogP contribution in [0.4, 0.5) is 4.39 Å². The Hall–Kier alpha value is -0.810. The highest BCUT2D eigenvalue weighted by Gasteiger charge is 2.13. The van der Waals surface area contributed by atoms with Gasteiger partial charge in [-0.05, 0) is 53.5 Å². The summed E-state index contributed by atoms with van der Waals surface area (Å²) < 4.78 is 16.0. The van der Waals surface area contributed by atoms with E-state index in [2.05, 4.69) is 34.9 Å². The van der Waals surface area contributed by atoms with Crippen LogP contribution in [-0.4, -0.2) is 9.78 Å².